The summed E-state index contributed by atoms with van der Waals surface area (Å²) in [6.45, 7) is 1.93. The molecule has 0 aliphatic carbocycles. The van der Waals surface area contributed by atoms with Crippen LogP contribution in [0.1, 0.15) is 17.0 Å². The van der Waals surface area contributed by atoms with E-state index in [1.807, 2.05) is 43.3 Å². The summed E-state index contributed by atoms with van der Waals surface area (Å²) in [5.41, 5.74) is 5.92. The normalized spacial score (nSPS) is 10.9. The van der Waals surface area contributed by atoms with Crippen molar-refractivity contribution in [1.29, 1.82) is 0 Å². The topological polar surface area (TPSA) is 67.8 Å². The van der Waals surface area contributed by atoms with Crippen molar-refractivity contribution in [3.63, 3.8) is 0 Å². The van der Waals surface area contributed by atoms with E-state index in [1.54, 1.807) is 21.3 Å². The second kappa shape index (κ2) is 8.26. The maximum absolute atomic E-state index is 5.37. The number of nitrogens with zero attached hydrogens (tertiary/aromatic N) is 2. The monoisotopic (exact) mass is 344 g/mol. The summed E-state index contributed by atoms with van der Waals surface area (Å²) in [6.07, 6.45) is 0. The molecular formula is C17H20N4O2S. The van der Waals surface area contributed by atoms with Crippen molar-refractivity contribution >= 4 is 23.0 Å². The standard InChI is InChI=1S/C17H20N4O2S/c1-11-6-5-7-13(19-11)16(20-21-17(24)18-2)12-8-9-14(22-3)15(10-12)23-4/h5-10H,1-4H3,(H2,18,21,24)/b20-16+. The van der Waals surface area contributed by atoms with E-state index in [0.29, 0.717) is 22.3 Å². The maximum Gasteiger partial charge on any atom is 0.186 e. The molecule has 2 aromatic rings. The first-order valence-electron chi connectivity index (χ1n) is 7.31. The minimum Gasteiger partial charge on any atom is -0.493 e. The van der Waals surface area contributed by atoms with Crippen molar-refractivity contribution in [2.45, 2.75) is 6.92 Å². The van der Waals surface area contributed by atoms with E-state index >= 15 is 0 Å². The number of nitrogens with one attached hydrogen (secondary N) is 2. The van der Waals surface area contributed by atoms with Gasteiger partial charge >= 0.3 is 0 Å². The van der Waals surface area contributed by atoms with Gasteiger partial charge in [-0.25, -0.2) is 0 Å². The first kappa shape index (κ1) is 17.7. The number of methoxy groups -OCH3 is 2. The fourth-order valence-corrected chi connectivity index (χ4v) is 2.14. The molecule has 0 saturated carbocycles. The molecule has 0 fully saturated rings. The van der Waals surface area contributed by atoms with Gasteiger partial charge in [-0.2, -0.15) is 5.10 Å². The first-order valence-corrected chi connectivity index (χ1v) is 7.71. The number of pyridine rings is 1. The van der Waals surface area contributed by atoms with Gasteiger partial charge in [-0.1, -0.05) is 6.07 Å². The molecule has 2 N–H and O–H groups in total. The van der Waals surface area contributed by atoms with E-state index < -0.39 is 0 Å². The lowest BCUT2D eigenvalue weighted by Gasteiger charge is -2.12. The minimum absolute atomic E-state index is 0.417. The lowest BCUT2D eigenvalue weighted by atomic mass is 10.1. The SMILES string of the molecule is CNC(=S)N/N=C(\c1ccc(OC)c(OC)c1)c1cccc(C)n1. The Labute approximate surface area is 146 Å². The van der Waals surface area contributed by atoms with Crippen LogP contribution >= 0.6 is 12.2 Å². The molecule has 24 heavy (non-hydrogen) atoms. The highest BCUT2D eigenvalue weighted by Gasteiger charge is 2.13. The highest BCUT2D eigenvalue weighted by molar-refractivity contribution is 7.80. The molecule has 7 heteroatoms. The number of aryl methyl sites for hydroxylation is 1. The van der Waals surface area contributed by atoms with E-state index in [2.05, 4.69) is 20.8 Å². The number of hydrogen-bond acceptors (Lipinski definition) is 5. The Hall–Kier alpha value is -2.67. The van der Waals surface area contributed by atoms with Crippen molar-refractivity contribution in [3.8, 4) is 11.5 Å². The maximum atomic E-state index is 5.37. The zero-order chi connectivity index (χ0) is 17.5. The number of thiocarbonyl (C=S) groups is 1. The molecular weight excluding hydrogens is 324 g/mol. The fourth-order valence-electron chi connectivity index (χ4n) is 2.09. The van der Waals surface area contributed by atoms with E-state index in [-0.39, 0.29) is 0 Å². The second-order valence-corrected chi connectivity index (χ2v) is 5.29. The summed E-state index contributed by atoms with van der Waals surface area (Å²) >= 11 is 5.09. The van der Waals surface area contributed by atoms with Crippen LogP contribution in [0.4, 0.5) is 0 Å². The Morgan fingerprint density at radius 2 is 1.88 bits per heavy atom. The van der Waals surface area contributed by atoms with Gasteiger partial charge in [-0.15, -0.1) is 0 Å². The molecule has 0 aliphatic heterocycles. The number of hydrazone groups is 1. The van der Waals surface area contributed by atoms with Gasteiger partial charge in [0.2, 0.25) is 0 Å². The molecule has 0 amide bonds. The fraction of sp³-hybridized carbons (Fsp3) is 0.235. The molecule has 0 saturated heterocycles. The van der Waals surface area contributed by atoms with Gasteiger partial charge in [-0.3, -0.25) is 10.4 Å². The third-order valence-corrected chi connectivity index (χ3v) is 3.58. The average molecular weight is 344 g/mol. The van der Waals surface area contributed by atoms with Crippen molar-refractivity contribution in [2.24, 2.45) is 5.10 Å². The van der Waals surface area contributed by atoms with Gasteiger partial charge in [0.1, 0.15) is 5.71 Å². The van der Waals surface area contributed by atoms with Crippen molar-refractivity contribution in [3.05, 3.63) is 53.3 Å². The van der Waals surface area contributed by atoms with Crippen LogP contribution in [0.25, 0.3) is 0 Å². The van der Waals surface area contributed by atoms with Gasteiger partial charge < -0.3 is 14.8 Å². The molecule has 126 valence electrons. The lowest BCUT2D eigenvalue weighted by Crippen LogP contribution is -2.29. The minimum atomic E-state index is 0.417. The van der Waals surface area contributed by atoms with Gasteiger partial charge in [-0.05, 0) is 49.5 Å². The number of rotatable bonds is 5. The lowest BCUT2D eigenvalue weighted by molar-refractivity contribution is 0.355. The molecule has 2 rings (SSSR count). The number of ether oxygens (including phenoxy) is 2. The van der Waals surface area contributed by atoms with Crippen LogP contribution in [0, 0.1) is 6.92 Å². The smallest absolute Gasteiger partial charge is 0.186 e. The van der Waals surface area contributed by atoms with E-state index in [9.17, 15) is 0 Å². The van der Waals surface area contributed by atoms with Gasteiger partial charge in [0.05, 0.1) is 19.9 Å². The molecule has 0 bridgehead atoms. The third kappa shape index (κ3) is 4.20. The van der Waals surface area contributed by atoms with Crippen LogP contribution in [0.5, 0.6) is 11.5 Å². The predicted octanol–water partition coefficient (Wildman–Crippen LogP) is 2.25. The number of hydrogen-bond donors (Lipinski definition) is 2. The van der Waals surface area contributed by atoms with E-state index in [0.717, 1.165) is 17.0 Å². The molecule has 0 atom stereocenters. The van der Waals surface area contributed by atoms with Crippen LogP contribution in [-0.2, 0) is 0 Å². The molecule has 0 spiro atoms. The molecule has 1 aromatic heterocycles. The summed E-state index contributed by atoms with van der Waals surface area (Å²) < 4.78 is 10.7. The van der Waals surface area contributed by atoms with Gasteiger partial charge in [0.25, 0.3) is 0 Å². The van der Waals surface area contributed by atoms with Crippen LogP contribution in [0.2, 0.25) is 0 Å². The summed E-state index contributed by atoms with van der Waals surface area (Å²) in [4.78, 5) is 4.55. The van der Waals surface area contributed by atoms with Crippen LogP contribution in [-0.4, -0.2) is 37.1 Å². The van der Waals surface area contributed by atoms with Crippen molar-refractivity contribution in [2.75, 3.05) is 21.3 Å². The Balaban J connectivity index is 2.51. The summed E-state index contributed by atoms with van der Waals surface area (Å²) in [5.74, 6) is 1.27. The Bertz CT molecular complexity index is 762. The Morgan fingerprint density at radius 1 is 1.12 bits per heavy atom. The van der Waals surface area contributed by atoms with Crippen molar-refractivity contribution < 1.29 is 9.47 Å². The average Bonchev–Trinajstić information content (AvgIpc) is 2.61. The van der Waals surface area contributed by atoms with Gasteiger partial charge in [0.15, 0.2) is 16.6 Å². The quantitative estimate of drug-likeness (QED) is 0.493. The number of benzene rings is 1. The molecule has 0 aliphatic rings. The highest BCUT2D eigenvalue weighted by atomic mass is 32.1. The van der Waals surface area contributed by atoms with Gasteiger partial charge in [0, 0.05) is 18.3 Å². The first-order chi connectivity index (χ1) is 11.6. The molecule has 6 nitrogen and oxygen atoms in total. The Kier molecular flexibility index (Phi) is 6.08. The molecule has 0 radical (unpaired) electrons. The summed E-state index contributed by atoms with van der Waals surface area (Å²) in [6, 6.07) is 11.3. The van der Waals surface area contributed by atoms with Crippen LogP contribution < -0.4 is 20.2 Å². The molecule has 1 heterocycles. The van der Waals surface area contributed by atoms with E-state index in [1.165, 1.54) is 0 Å². The van der Waals surface area contributed by atoms with E-state index in [4.69, 9.17) is 21.7 Å². The Morgan fingerprint density at radius 3 is 2.50 bits per heavy atom. The second-order valence-electron chi connectivity index (χ2n) is 4.89. The number of aromatic nitrogens is 1. The largest absolute Gasteiger partial charge is 0.493 e. The predicted molar refractivity (Wildman–Crippen MR) is 99.0 cm³/mol. The highest BCUT2D eigenvalue weighted by Crippen LogP contribution is 2.28. The van der Waals surface area contributed by atoms with Crippen LogP contribution in [0.15, 0.2) is 41.5 Å². The third-order valence-electron chi connectivity index (χ3n) is 3.28. The summed E-state index contributed by atoms with van der Waals surface area (Å²) in [7, 11) is 4.92. The zero-order valence-corrected chi connectivity index (χ0v) is 14.9. The molecule has 1 aromatic carbocycles. The summed E-state index contributed by atoms with van der Waals surface area (Å²) in [5, 5.41) is 7.65. The van der Waals surface area contributed by atoms with Crippen molar-refractivity contribution in [1.82, 2.24) is 15.7 Å². The van der Waals surface area contributed by atoms with Crippen LogP contribution in [0.3, 0.4) is 0 Å². The zero-order valence-electron chi connectivity index (χ0n) is 14.1. The molecule has 0 unspecified atom stereocenters.